The fraction of sp³-hybridized carbons (Fsp3) is 0.149. The first-order chi connectivity index (χ1) is 53.0. The highest BCUT2D eigenvalue weighted by Crippen LogP contribution is 2.33. The summed E-state index contributed by atoms with van der Waals surface area (Å²) in [4.78, 5) is 0.700. The Morgan fingerprint density at radius 2 is 0.602 bits per heavy atom. The molecule has 26 heteroatoms. The van der Waals surface area contributed by atoms with Gasteiger partial charge < -0.3 is 5.11 Å². The second-order valence-corrected chi connectivity index (χ2v) is 37.7. The Kier molecular flexibility index (Phi) is 27.5. The van der Waals surface area contributed by atoms with Gasteiger partial charge in [0.05, 0.1) is 52.9 Å². The van der Waals surface area contributed by atoms with Crippen molar-refractivity contribution < 1.29 is 60.4 Å². The van der Waals surface area contributed by atoms with Gasteiger partial charge in [-0.05, 0) is 244 Å². The number of fused-ring (bicyclic) bond motifs is 2. The number of benzene rings is 13. The zero-order valence-electron chi connectivity index (χ0n) is 63.4. The highest BCUT2D eigenvalue weighted by molar-refractivity contribution is 7.94. The average molecular weight is 1660 g/mol. The van der Waals surface area contributed by atoms with E-state index in [1.54, 1.807) is 138 Å². The zero-order chi connectivity index (χ0) is 82.6. The molecule has 0 spiro atoms. The van der Waals surface area contributed by atoms with E-state index in [9.17, 15) is 60.4 Å². The number of sulfonamides is 5. The zero-order valence-corrected chi connectivity index (χ0v) is 69.0. The second kappa shape index (κ2) is 36.0. The van der Waals surface area contributed by atoms with E-state index in [1.165, 1.54) is 78.9 Å². The summed E-state index contributed by atoms with van der Waals surface area (Å²) >= 11 is 12.1. The van der Waals surface area contributed by atoms with Crippen LogP contribution in [0.3, 0.4) is 0 Å². The van der Waals surface area contributed by atoms with Crippen molar-refractivity contribution in [1.82, 2.24) is 0 Å². The minimum atomic E-state index is -3.84. The SMILES string of the molecule is Cc1c(Cl)cc(NS(=O)(=O)c2ccc(C(C)(C)C)cc2)cc1Cl.Cc1cc(O)ccc1NS(=O)(=O)c1ccc2ccccc2c1.Cc1ccc(NS(=O)(=O)c2ccc(-c3ccccc3)cc2)c(F)c1.Cc1ccc(NS(=O)(=O)c2ccc(C(C)(C)C)cc2)c(F)c1.Cc1ccc(NS(=O)(=O)c2ccc3ccccc3c2)c(F)c1. The van der Waals surface area contributed by atoms with Crippen molar-refractivity contribution in [2.45, 2.75) is 111 Å². The van der Waals surface area contributed by atoms with Crippen molar-refractivity contribution in [2.24, 2.45) is 0 Å². The molecule has 113 heavy (non-hydrogen) atoms. The van der Waals surface area contributed by atoms with E-state index in [4.69, 9.17) is 23.2 Å². The highest BCUT2D eigenvalue weighted by Gasteiger charge is 2.24. The first-order valence-corrected chi connectivity index (χ1v) is 43.2. The lowest BCUT2D eigenvalue weighted by Gasteiger charge is -2.19. The predicted octanol–water partition coefficient (Wildman–Crippen LogP) is 22.0. The van der Waals surface area contributed by atoms with Crippen LogP contribution >= 0.6 is 23.2 Å². The Bertz CT molecular complexity index is 6040. The van der Waals surface area contributed by atoms with Gasteiger partial charge in [0.2, 0.25) is 0 Å². The number of rotatable bonds is 16. The standard InChI is InChI=1S/C19H16FNO2S.C17H19Cl2NO2S.C17H14FNO2S.C17H20FNO2S.C17H15NO3S/c1-14-7-12-19(18(20)13-14)21-24(22,23)17-10-8-16(9-11-17)15-5-3-2-4-6-15;1-11-15(18)9-13(10-16(11)19)20-23(21,22)14-7-5-12(6-8-14)17(2,3)4;1-12-6-9-17(16(18)10-12)19-22(20,21)15-8-7-13-4-2-3-5-14(13)11-15;1-12-5-10-16(15(18)11-12)19-22(20,21)14-8-6-13(7-9-14)17(2,3)4;1-12-10-15(19)7-9-17(12)18-22(20,21)16-8-6-13-4-2-3-5-14(13)11-16/h2-13,21H,1H3;5-10,20H,1-4H3;2-11,19H,1H3;5-11,19H,1-4H3;2-11,18-19H,1H3. The first-order valence-electron chi connectivity index (χ1n) is 35.0. The number of aryl methyl sites for hydroxylation is 4. The molecule has 6 N–H and O–H groups in total. The van der Waals surface area contributed by atoms with Gasteiger partial charge in [0.25, 0.3) is 50.1 Å². The predicted molar refractivity (Wildman–Crippen MR) is 452 cm³/mol. The molecule has 0 aliphatic rings. The van der Waals surface area contributed by atoms with E-state index in [2.05, 4.69) is 65.2 Å². The van der Waals surface area contributed by atoms with Crippen molar-refractivity contribution in [2.75, 3.05) is 23.6 Å². The molecule has 13 rings (SSSR count). The highest BCUT2D eigenvalue weighted by atomic mass is 35.5. The topological polar surface area (TPSA) is 251 Å². The summed E-state index contributed by atoms with van der Waals surface area (Å²) in [5.74, 6) is -1.68. The molecule has 0 radical (unpaired) electrons. The number of hydrogen-bond donors (Lipinski definition) is 6. The Morgan fingerprint density at radius 1 is 0.301 bits per heavy atom. The van der Waals surface area contributed by atoms with Crippen LogP contribution in [0.2, 0.25) is 10.0 Å². The normalized spacial score (nSPS) is 11.8. The summed E-state index contributed by atoms with van der Waals surface area (Å²) in [5, 5.41) is 13.8. The molecule has 13 aromatic rings. The van der Waals surface area contributed by atoms with Crippen LogP contribution in [0.25, 0.3) is 32.7 Å². The molecule has 0 aromatic heterocycles. The summed E-state index contributed by atoms with van der Waals surface area (Å²) in [6.45, 7) is 21.1. The van der Waals surface area contributed by atoms with E-state index >= 15 is 0 Å². The van der Waals surface area contributed by atoms with Gasteiger partial charge in [-0.3, -0.25) is 23.6 Å². The lowest BCUT2D eigenvalue weighted by Crippen LogP contribution is -2.15. The monoisotopic (exact) mass is 1660 g/mol. The van der Waals surface area contributed by atoms with Gasteiger partial charge in [0, 0.05) is 10.0 Å². The summed E-state index contributed by atoms with van der Waals surface area (Å²) < 4.78 is 178. The quantitative estimate of drug-likeness (QED) is 0.0496. The molecule has 13 aromatic carbocycles. The first kappa shape index (κ1) is 86.3. The van der Waals surface area contributed by atoms with Gasteiger partial charge in [-0.1, -0.05) is 210 Å². The molecular formula is C87H84Cl2F3N5O11S5. The Hall–Kier alpha value is -10.7. The Morgan fingerprint density at radius 3 is 0.956 bits per heavy atom. The number of hydrogen-bond acceptors (Lipinski definition) is 11. The molecule has 0 heterocycles. The third-order valence-corrected chi connectivity index (χ3v) is 25.2. The lowest BCUT2D eigenvalue weighted by atomic mass is 9.87. The van der Waals surface area contributed by atoms with Crippen LogP contribution in [0.15, 0.2) is 297 Å². The summed E-state index contributed by atoms with van der Waals surface area (Å²) in [5.41, 5.74) is 8.10. The molecule has 588 valence electrons. The van der Waals surface area contributed by atoms with Crippen LogP contribution in [0.4, 0.5) is 41.6 Å². The molecule has 0 atom stereocenters. The van der Waals surface area contributed by atoms with Gasteiger partial charge in [-0.15, -0.1) is 0 Å². The van der Waals surface area contributed by atoms with Crippen LogP contribution in [0, 0.1) is 52.1 Å². The Labute approximate surface area is 670 Å². The van der Waals surface area contributed by atoms with E-state index in [1.807, 2.05) is 91.0 Å². The molecular weight excluding hydrogens is 1580 g/mol. The molecule has 0 unspecified atom stereocenters. The number of nitrogens with one attached hydrogen (secondary N) is 5. The van der Waals surface area contributed by atoms with Gasteiger partial charge in [-0.2, -0.15) is 0 Å². The molecule has 0 aliphatic carbocycles. The summed E-state index contributed by atoms with van der Waals surface area (Å²) in [7, 11) is -18.8. The van der Waals surface area contributed by atoms with Crippen molar-refractivity contribution >= 4 is 123 Å². The maximum Gasteiger partial charge on any atom is 0.262 e. The maximum absolute atomic E-state index is 13.9. The molecule has 16 nitrogen and oxygen atoms in total. The minimum Gasteiger partial charge on any atom is -0.508 e. The van der Waals surface area contributed by atoms with Crippen molar-refractivity contribution in [3.63, 3.8) is 0 Å². The van der Waals surface area contributed by atoms with Crippen molar-refractivity contribution in [1.29, 1.82) is 0 Å². The molecule has 0 fully saturated rings. The Balaban J connectivity index is 0.000000162. The second-order valence-electron chi connectivity index (χ2n) is 28.5. The molecule has 0 saturated carbocycles. The molecule has 0 aliphatic heterocycles. The van der Waals surface area contributed by atoms with E-state index in [0.29, 0.717) is 32.5 Å². The van der Waals surface area contributed by atoms with Crippen LogP contribution < -0.4 is 23.6 Å². The van der Waals surface area contributed by atoms with E-state index in [0.717, 1.165) is 60.5 Å². The van der Waals surface area contributed by atoms with Gasteiger partial charge in [0.15, 0.2) is 0 Å². The van der Waals surface area contributed by atoms with E-state index in [-0.39, 0.29) is 58.1 Å². The number of aromatic hydroxyl groups is 1. The van der Waals surface area contributed by atoms with Crippen LogP contribution in [-0.2, 0) is 60.9 Å². The van der Waals surface area contributed by atoms with Crippen molar-refractivity contribution in [3.8, 4) is 16.9 Å². The summed E-state index contributed by atoms with van der Waals surface area (Å²) in [6, 6.07) is 75.2. The van der Waals surface area contributed by atoms with Gasteiger partial charge >= 0.3 is 0 Å². The smallest absolute Gasteiger partial charge is 0.262 e. The average Bonchev–Trinajstić information content (AvgIpc) is 0.893. The summed E-state index contributed by atoms with van der Waals surface area (Å²) in [6.07, 6.45) is 0. The molecule has 0 bridgehead atoms. The fourth-order valence-electron chi connectivity index (χ4n) is 11.0. The largest absolute Gasteiger partial charge is 0.508 e. The van der Waals surface area contributed by atoms with E-state index < -0.39 is 67.6 Å². The number of anilines is 5. The van der Waals surface area contributed by atoms with Crippen LogP contribution in [0.5, 0.6) is 5.75 Å². The lowest BCUT2D eigenvalue weighted by molar-refractivity contribution is 0.475. The number of phenolic OH excluding ortho intramolecular Hbond substituents is 1. The van der Waals surface area contributed by atoms with Crippen LogP contribution in [0.1, 0.15) is 80.5 Å². The van der Waals surface area contributed by atoms with Gasteiger partial charge in [-0.25, -0.2) is 55.3 Å². The van der Waals surface area contributed by atoms with Gasteiger partial charge in [0.1, 0.15) is 23.2 Å². The minimum absolute atomic E-state index is 0.0340. The van der Waals surface area contributed by atoms with Crippen LogP contribution in [-0.4, -0.2) is 47.2 Å². The number of halogens is 5. The molecule has 0 saturated heterocycles. The third-order valence-electron chi connectivity index (χ3n) is 17.5. The number of phenols is 1. The third kappa shape index (κ3) is 23.5. The fourth-order valence-corrected chi connectivity index (χ4v) is 16.9. The van der Waals surface area contributed by atoms with Crippen molar-refractivity contribution in [3.05, 3.63) is 339 Å². The molecule has 0 amide bonds. The maximum atomic E-state index is 13.9.